The molecule has 5 rings (SSSR count). The standard InChI is InChI=1S/C26H28F2N4O4/c1-15-12-17(18-8-10-29-22(13-18)31-24(34)16-2-3-16)4-6-20(15)36-21-9-11-32(14-26(21,27)28)25(35)19-5-7-23(33)30-19/h4,6,8,10,12-13,16,19,21H,2-3,5,7,9,11,14H2,1H3,(H,30,33)(H,29,31,34)/t19-,21-/m0/s1. The normalized spacial score (nSPS) is 23.2. The quantitative estimate of drug-likeness (QED) is 0.637. The van der Waals surface area contributed by atoms with Crippen molar-refractivity contribution >= 4 is 23.5 Å². The summed E-state index contributed by atoms with van der Waals surface area (Å²) >= 11 is 0. The van der Waals surface area contributed by atoms with Gasteiger partial charge in [0.25, 0.3) is 0 Å². The van der Waals surface area contributed by atoms with Crippen LogP contribution < -0.4 is 15.4 Å². The van der Waals surface area contributed by atoms with Gasteiger partial charge in [0.1, 0.15) is 17.6 Å². The highest BCUT2D eigenvalue weighted by Crippen LogP contribution is 2.35. The number of nitrogens with one attached hydrogen (secondary N) is 2. The van der Waals surface area contributed by atoms with Crippen LogP contribution in [0.2, 0.25) is 0 Å². The first-order valence-electron chi connectivity index (χ1n) is 12.2. The molecule has 3 amide bonds. The van der Waals surface area contributed by atoms with Crippen molar-refractivity contribution in [1.29, 1.82) is 0 Å². The van der Waals surface area contributed by atoms with E-state index in [0.717, 1.165) is 28.9 Å². The summed E-state index contributed by atoms with van der Waals surface area (Å²) in [4.78, 5) is 41.3. The monoisotopic (exact) mass is 498 g/mol. The number of halogens is 2. The molecule has 3 fully saturated rings. The number of benzene rings is 1. The fraction of sp³-hybridized carbons (Fsp3) is 0.462. The molecule has 1 saturated carbocycles. The molecule has 2 aliphatic heterocycles. The van der Waals surface area contributed by atoms with E-state index in [1.165, 1.54) is 0 Å². The molecule has 3 heterocycles. The molecule has 1 aromatic carbocycles. The number of anilines is 1. The molecule has 0 unspecified atom stereocenters. The zero-order valence-electron chi connectivity index (χ0n) is 19.9. The molecule has 0 bridgehead atoms. The van der Waals surface area contributed by atoms with Crippen molar-refractivity contribution in [3.8, 4) is 16.9 Å². The number of ether oxygens (including phenoxy) is 1. The lowest BCUT2D eigenvalue weighted by Gasteiger charge is -2.39. The van der Waals surface area contributed by atoms with Gasteiger partial charge in [-0.3, -0.25) is 14.4 Å². The minimum atomic E-state index is -3.23. The van der Waals surface area contributed by atoms with Crippen LogP contribution in [0.15, 0.2) is 36.5 Å². The van der Waals surface area contributed by atoms with Gasteiger partial charge in [-0.25, -0.2) is 13.8 Å². The first-order valence-corrected chi connectivity index (χ1v) is 12.2. The van der Waals surface area contributed by atoms with E-state index in [4.69, 9.17) is 4.74 Å². The Labute approximate surface area is 207 Å². The highest BCUT2D eigenvalue weighted by atomic mass is 19.3. The van der Waals surface area contributed by atoms with Crippen LogP contribution in [0.4, 0.5) is 14.6 Å². The predicted molar refractivity (Wildman–Crippen MR) is 127 cm³/mol. The van der Waals surface area contributed by atoms with E-state index >= 15 is 0 Å². The Hall–Kier alpha value is -3.56. The van der Waals surface area contributed by atoms with E-state index in [1.54, 1.807) is 31.3 Å². The van der Waals surface area contributed by atoms with E-state index in [1.807, 2.05) is 12.1 Å². The Bertz CT molecular complexity index is 1200. The van der Waals surface area contributed by atoms with E-state index in [0.29, 0.717) is 23.6 Å². The van der Waals surface area contributed by atoms with Crippen molar-refractivity contribution in [1.82, 2.24) is 15.2 Å². The number of carbonyl (C=O) groups excluding carboxylic acids is 3. The fourth-order valence-electron chi connectivity index (χ4n) is 4.64. The van der Waals surface area contributed by atoms with Crippen LogP contribution in [0.3, 0.4) is 0 Å². The van der Waals surface area contributed by atoms with Crippen molar-refractivity contribution in [3.05, 3.63) is 42.1 Å². The minimum absolute atomic E-state index is 0.0188. The maximum absolute atomic E-state index is 15.0. The Morgan fingerprint density at radius 2 is 1.92 bits per heavy atom. The van der Waals surface area contributed by atoms with E-state index < -0.39 is 30.5 Å². The van der Waals surface area contributed by atoms with Gasteiger partial charge in [-0.1, -0.05) is 6.07 Å². The van der Waals surface area contributed by atoms with Crippen LogP contribution in [0.1, 0.15) is 37.7 Å². The van der Waals surface area contributed by atoms with Gasteiger partial charge in [-0.2, -0.15) is 0 Å². The lowest BCUT2D eigenvalue weighted by molar-refractivity contribution is -0.161. The largest absolute Gasteiger partial charge is 0.484 e. The molecule has 2 aromatic rings. The number of likely N-dealkylation sites (tertiary alicyclic amines) is 1. The molecule has 0 spiro atoms. The topological polar surface area (TPSA) is 101 Å². The second kappa shape index (κ2) is 9.48. The van der Waals surface area contributed by atoms with Gasteiger partial charge in [0, 0.05) is 31.5 Å². The van der Waals surface area contributed by atoms with Gasteiger partial charge in [-0.05, 0) is 67.1 Å². The van der Waals surface area contributed by atoms with Crippen LogP contribution in [0.25, 0.3) is 11.1 Å². The molecule has 10 heteroatoms. The Morgan fingerprint density at radius 3 is 2.58 bits per heavy atom. The zero-order chi connectivity index (χ0) is 25.4. The van der Waals surface area contributed by atoms with Crippen LogP contribution >= 0.6 is 0 Å². The summed E-state index contributed by atoms with van der Waals surface area (Å²) in [6, 6.07) is 8.16. The molecule has 2 N–H and O–H groups in total. The number of hydrogen-bond donors (Lipinski definition) is 2. The summed E-state index contributed by atoms with van der Waals surface area (Å²) in [5, 5.41) is 5.37. The number of piperidine rings is 1. The lowest BCUT2D eigenvalue weighted by Crippen LogP contribution is -2.58. The molecule has 0 radical (unpaired) electrons. The van der Waals surface area contributed by atoms with Crippen LogP contribution in [0.5, 0.6) is 5.75 Å². The highest BCUT2D eigenvalue weighted by molar-refractivity contribution is 5.93. The molecule has 36 heavy (non-hydrogen) atoms. The van der Waals surface area contributed by atoms with Crippen molar-refractivity contribution < 1.29 is 27.9 Å². The first-order chi connectivity index (χ1) is 17.2. The van der Waals surface area contributed by atoms with Gasteiger partial charge in [-0.15, -0.1) is 0 Å². The van der Waals surface area contributed by atoms with Gasteiger partial charge in [0.05, 0.1) is 6.54 Å². The number of alkyl halides is 2. The molecular formula is C26H28F2N4O4. The maximum atomic E-state index is 15.0. The Kier molecular flexibility index (Phi) is 6.36. The highest BCUT2D eigenvalue weighted by Gasteiger charge is 2.49. The number of hydrogen-bond acceptors (Lipinski definition) is 5. The third kappa shape index (κ3) is 5.17. The van der Waals surface area contributed by atoms with Crippen LogP contribution in [-0.4, -0.2) is 58.8 Å². The second-order valence-corrected chi connectivity index (χ2v) is 9.75. The summed E-state index contributed by atoms with van der Waals surface area (Å²) in [6.07, 6.45) is 2.60. The number of nitrogens with zero attached hydrogens (tertiary/aromatic N) is 2. The number of aryl methyl sites for hydroxylation is 1. The molecule has 1 aromatic heterocycles. The average Bonchev–Trinajstić information content (AvgIpc) is 3.61. The predicted octanol–water partition coefficient (Wildman–Crippen LogP) is 3.30. The van der Waals surface area contributed by atoms with Crippen molar-refractivity contribution in [2.24, 2.45) is 5.92 Å². The summed E-state index contributed by atoms with van der Waals surface area (Å²) in [5.41, 5.74) is 2.37. The van der Waals surface area contributed by atoms with Gasteiger partial charge < -0.3 is 20.3 Å². The van der Waals surface area contributed by atoms with E-state index in [9.17, 15) is 23.2 Å². The van der Waals surface area contributed by atoms with Crippen LogP contribution in [-0.2, 0) is 14.4 Å². The molecule has 3 aliphatic rings. The van der Waals surface area contributed by atoms with Crippen LogP contribution in [0, 0.1) is 12.8 Å². The summed E-state index contributed by atoms with van der Waals surface area (Å²) in [7, 11) is 0. The van der Waals surface area contributed by atoms with E-state index in [2.05, 4.69) is 15.6 Å². The lowest BCUT2D eigenvalue weighted by atomic mass is 10.0. The number of amides is 3. The summed E-state index contributed by atoms with van der Waals surface area (Å²) < 4.78 is 35.7. The average molecular weight is 499 g/mol. The minimum Gasteiger partial charge on any atom is -0.484 e. The number of aromatic nitrogens is 1. The third-order valence-electron chi connectivity index (χ3n) is 6.88. The number of carbonyl (C=O) groups is 3. The summed E-state index contributed by atoms with van der Waals surface area (Å²) in [6.45, 7) is 1.18. The summed E-state index contributed by atoms with van der Waals surface area (Å²) in [5.74, 6) is -3.07. The molecule has 2 atom stereocenters. The Morgan fingerprint density at radius 1 is 1.14 bits per heavy atom. The van der Waals surface area contributed by atoms with Crippen molar-refractivity contribution in [2.75, 3.05) is 18.4 Å². The molecule has 190 valence electrons. The molecule has 1 aliphatic carbocycles. The first kappa shape index (κ1) is 24.1. The van der Waals surface area contributed by atoms with Crippen molar-refractivity contribution in [2.45, 2.75) is 57.1 Å². The molecular weight excluding hydrogens is 470 g/mol. The second-order valence-electron chi connectivity index (χ2n) is 9.75. The molecule has 2 saturated heterocycles. The van der Waals surface area contributed by atoms with E-state index in [-0.39, 0.29) is 37.1 Å². The zero-order valence-corrected chi connectivity index (χ0v) is 19.9. The smallest absolute Gasteiger partial charge is 0.301 e. The SMILES string of the molecule is Cc1cc(-c2ccnc(NC(=O)C3CC3)c2)ccc1O[C@H]1CCN(C(=O)[C@@H]2CCC(=O)N2)CC1(F)F. The number of rotatable bonds is 6. The third-order valence-corrected chi connectivity index (χ3v) is 6.88. The number of pyridine rings is 1. The fourth-order valence-corrected chi connectivity index (χ4v) is 4.64. The Balaban J connectivity index is 1.24. The van der Waals surface area contributed by atoms with Gasteiger partial charge in [0.2, 0.25) is 17.7 Å². The maximum Gasteiger partial charge on any atom is 0.301 e. The van der Waals surface area contributed by atoms with Crippen molar-refractivity contribution in [3.63, 3.8) is 0 Å². The molecule has 8 nitrogen and oxygen atoms in total. The van der Waals surface area contributed by atoms with Gasteiger partial charge >= 0.3 is 5.92 Å². The van der Waals surface area contributed by atoms with Gasteiger partial charge in [0.15, 0.2) is 6.10 Å².